The van der Waals surface area contributed by atoms with Gasteiger partial charge >= 0.3 is 6.09 Å². The van der Waals surface area contributed by atoms with Crippen molar-refractivity contribution in [3.63, 3.8) is 0 Å². The number of carbonyl (C=O) groups excluding carboxylic acids is 1. The highest BCUT2D eigenvalue weighted by molar-refractivity contribution is 5.90. The van der Waals surface area contributed by atoms with E-state index in [1.807, 2.05) is 30.3 Å². The number of pyridine rings is 2. The number of rotatable bonds is 6. The molecule has 4 atom stereocenters. The van der Waals surface area contributed by atoms with Gasteiger partial charge in [0.15, 0.2) is 0 Å². The Morgan fingerprint density at radius 3 is 2.67 bits per heavy atom. The molecular weight excluding hydrogens is 499 g/mol. The number of benzene rings is 1. The largest absolute Gasteiger partial charge is 0.442 e. The third kappa shape index (κ3) is 3.79. The Balaban J connectivity index is 1.10. The van der Waals surface area contributed by atoms with Crippen molar-refractivity contribution in [2.24, 2.45) is 11.8 Å². The number of halogens is 1. The first-order valence-electron chi connectivity index (χ1n) is 12.7. The maximum absolute atomic E-state index is 15.4. The Bertz CT molecular complexity index is 1580. The number of carbonyl (C=O) groups is 1. The molecule has 1 aromatic carbocycles. The van der Waals surface area contributed by atoms with Crippen molar-refractivity contribution < 1.29 is 13.9 Å². The van der Waals surface area contributed by atoms with Crippen LogP contribution < -0.4 is 9.80 Å². The minimum atomic E-state index is -0.684. The van der Waals surface area contributed by atoms with Crippen LogP contribution in [0, 0.1) is 29.0 Å². The number of hydrogen-bond acceptors (Lipinski definition) is 8. The Hall–Kier alpha value is -4.85. The average molecular weight is 523 g/mol. The summed E-state index contributed by atoms with van der Waals surface area (Å²) in [5.41, 5.74) is 1.14. The molecule has 39 heavy (non-hydrogen) atoms. The summed E-state index contributed by atoms with van der Waals surface area (Å²) in [6, 6.07) is 18.4. The Morgan fingerprint density at radius 2 is 1.95 bits per heavy atom. The molecule has 1 saturated carbocycles. The van der Waals surface area contributed by atoms with Crippen LogP contribution in [0.2, 0.25) is 0 Å². The van der Waals surface area contributed by atoms with Crippen LogP contribution >= 0.6 is 0 Å². The highest BCUT2D eigenvalue weighted by atomic mass is 19.1. The van der Waals surface area contributed by atoms with Crippen LogP contribution in [0.4, 0.5) is 20.7 Å². The molecule has 0 radical (unpaired) electrons. The molecule has 3 fully saturated rings. The number of amides is 1. The number of nitrogens with zero attached hydrogens (tertiary/aromatic N) is 8. The summed E-state index contributed by atoms with van der Waals surface area (Å²) >= 11 is 0. The molecule has 2 saturated heterocycles. The van der Waals surface area contributed by atoms with Crippen molar-refractivity contribution in [1.82, 2.24) is 25.0 Å². The molecule has 0 bridgehead atoms. The standard InChI is InChI=1S/C28H23FN8O2/c29-23-12-18(37-14-19(39-27(37)38)13-36-11-10-32-34-36)7-8-20(23)24-4-3-5-25(33-24)28(17-30)21-15-35(16-22(21)28)26-6-1-2-9-31-26/h1-12,19,21-22H,13-16H2/t19-,21-,22+,28?/m0/s1. The molecule has 1 amide bonds. The lowest BCUT2D eigenvalue weighted by Gasteiger charge is -2.23. The lowest BCUT2D eigenvalue weighted by atomic mass is 9.95. The molecule has 7 rings (SSSR count). The number of ether oxygens (including phenoxy) is 1. The van der Waals surface area contributed by atoms with Crippen molar-refractivity contribution in [2.75, 3.05) is 29.4 Å². The lowest BCUT2D eigenvalue weighted by Crippen LogP contribution is -2.30. The van der Waals surface area contributed by atoms with Gasteiger partial charge in [-0.1, -0.05) is 17.3 Å². The second kappa shape index (κ2) is 8.87. The molecule has 3 aromatic heterocycles. The minimum absolute atomic E-state index is 0.145. The maximum Gasteiger partial charge on any atom is 0.414 e. The molecule has 11 heteroatoms. The Labute approximate surface area is 223 Å². The molecule has 1 aliphatic carbocycles. The van der Waals surface area contributed by atoms with E-state index in [1.165, 1.54) is 11.0 Å². The molecule has 5 heterocycles. The fraction of sp³-hybridized carbons (Fsp3) is 0.286. The van der Waals surface area contributed by atoms with Crippen LogP contribution in [0.25, 0.3) is 11.3 Å². The zero-order valence-corrected chi connectivity index (χ0v) is 20.8. The van der Waals surface area contributed by atoms with Gasteiger partial charge in [0.1, 0.15) is 23.2 Å². The summed E-state index contributed by atoms with van der Waals surface area (Å²) in [5, 5.41) is 17.9. The first-order valence-corrected chi connectivity index (χ1v) is 12.7. The molecule has 3 aliphatic rings. The van der Waals surface area contributed by atoms with E-state index in [1.54, 1.807) is 41.5 Å². The third-order valence-corrected chi connectivity index (χ3v) is 7.99. The first kappa shape index (κ1) is 23.3. The van der Waals surface area contributed by atoms with Crippen LogP contribution in [-0.4, -0.2) is 56.8 Å². The van der Waals surface area contributed by atoms with Gasteiger partial charge in [-0.25, -0.2) is 18.9 Å². The van der Waals surface area contributed by atoms with E-state index in [0.717, 1.165) is 18.9 Å². The monoisotopic (exact) mass is 522 g/mol. The number of piperidine rings is 1. The normalized spacial score (nSPS) is 25.3. The Kier molecular flexibility index (Phi) is 5.30. The van der Waals surface area contributed by atoms with E-state index in [-0.39, 0.29) is 18.4 Å². The van der Waals surface area contributed by atoms with Crippen LogP contribution in [-0.2, 0) is 16.7 Å². The van der Waals surface area contributed by atoms with E-state index in [9.17, 15) is 10.1 Å². The molecule has 0 N–H and O–H groups in total. The van der Waals surface area contributed by atoms with Gasteiger partial charge in [-0.15, -0.1) is 5.10 Å². The van der Waals surface area contributed by atoms with E-state index in [4.69, 9.17) is 9.72 Å². The van der Waals surface area contributed by atoms with Gasteiger partial charge < -0.3 is 9.64 Å². The van der Waals surface area contributed by atoms with Crippen molar-refractivity contribution in [3.8, 4) is 17.3 Å². The van der Waals surface area contributed by atoms with E-state index in [2.05, 4.69) is 26.3 Å². The summed E-state index contributed by atoms with van der Waals surface area (Å²) in [6.07, 6.45) is 4.05. The van der Waals surface area contributed by atoms with Gasteiger partial charge in [0, 0.05) is 42.9 Å². The van der Waals surface area contributed by atoms with Gasteiger partial charge in [-0.05, 0) is 42.5 Å². The number of aromatic nitrogens is 5. The number of fused-ring (bicyclic) bond motifs is 1. The van der Waals surface area contributed by atoms with Crippen LogP contribution in [0.1, 0.15) is 5.69 Å². The first-order chi connectivity index (χ1) is 19.1. The summed E-state index contributed by atoms with van der Waals surface area (Å²) < 4.78 is 22.4. The molecule has 1 unspecified atom stereocenters. The lowest BCUT2D eigenvalue weighted by molar-refractivity contribution is 0.129. The second-order valence-corrected chi connectivity index (χ2v) is 10.1. The van der Waals surface area contributed by atoms with Crippen molar-refractivity contribution in [1.29, 1.82) is 5.26 Å². The van der Waals surface area contributed by atoms with Gasteiger partial charge in [-0.2, -0.15) is 5.26 Å². The predicted molar refractivity (Wildman–Crippen MR) is 138 cm³/mol. The summed E-state index contributed by atoms with van der Waals surface area (Å²) in [6.45, 7) is 2.10. The number of nitriles is 1. The highest BCUT2D eigenvalue weighted by Crippen LogP contribution is 2.63. The van der Waals surface area contributed by atoms with Crippen molar-refractivity contribution in [2.45, 2.75) is 18.1 Å². The smallest absolute Gasteiger partial charge is 0.414 e. The van der Waals surface area contributed by atoms with Gasteiger partial charge in [0.2, 0.25) is 0 Å². The van der Waals surface area contributed by atoms with Crippen molar-refractivity contribution in [3.05, 3.63) is 84.7 Å². The number of hydrogen-bond donors (Lipinski definition) is 0. The highest BCUT2D eigenvalue weighted by Gasteiger charge is 2.71. The number of anilines is 2. The maximum atomic E-state index is 15.4. The topological polar surface area (TPSA) is 113 Å². The fourth-order valence-corrected chi connectivity index (χ4v) is 6.02. The third-order valence-electron chi connectivity index (χ3n) is 7.99. The molecule has 0 spiro atoms. The molecule has 10 nitrogen and oxygen atoms in total. The van der Waals surface area contributed by atoms with Crippen LogP contribution in [0.15, 0.2) is 73.2 Å². The molecule has 194 valence electrons. The van der Waals surface area contributed by atoms with Gasteiger partial charge in [0.05, 0.1) is 42.4 Å². The fourth-order valence-electron chi connectivity index (χ4n) is 6.02. The zero-order valence-electron chi connectivity index (χ0n) is 20.8. The second-order valence-electron chi connectivity index (χ2n) is 10.1. The van der Waals surface area contributed by atoms with Gasteiger partial charge in [-0.3, -0.25) is 9.88 Å². The molecule has 4 aromatic rings. The summed E-state index contributed by atoms with van der Waals surface area (Å²) in [5.74, 6) is 0.692. The number of cyclic esters (lactones) is 1. The summed E-state index contributed by atoms with van der Waals surface area (Å²) in [7, 11) is 0. The van der Waals surface area contributed by atoms with E-state index >= 15 is 4.39 Å². The molecule has 2 aliphatic heterocycles. The van der Waals surface area contributed by atoms with Crippen LogP contribution in [0.3, 0.4) is 0 Å². The molecular formula is C28H23FN8O2. The Morgan fingerprint density at radius 1 is 1.08 bits per heavy atom. The zero-order chi connectivity index (χ0) is 26.6. The quantitative estimate of drug-likeness (QED) is 0.379. The summed E-state index contributed by atoms with van der Waals surface area (Å²) in [4.78, 5) is 25.3. The van der Waals surface area contributed by atoms with Crippen molar-refractivity contribution >= 4 is 17.6 Å². The average Bonchev–Trinajstić information content (AvgIpc) is 3.46. The van der Waals surface area contributed by atoms with E-state index in [0.29, 0.717) is 29.2 Å². The SMILES string of the molecule is N#CC1(c2cccc(-c3ccc(N4C[C@H](Cn5ccnn5)OC4=O)cc3F)n2)[C@@H]2CN(c3ccccn3)C[C@@H]21. The predicted octanol–water partition coefficient (Wildman–Crippen LogP) is 3.43. The van der Waals surface area contributed by atoms with E-state index < -0.39 is 23.4 Å². The minimum Gasteiger partial charge on any atom is -0.442 e. The van der Waals surface area contributed by atoms with Gasteiger partial charge in [0.25, 0.3) is 0 Å². The van der Waals surface area contributed by atoms with Crippen LogP contribution in [0.5, 0.6) is 0 Å².